The molecule has 0 aliphatic rings. The van der Waals surface area contributed by atoms with Gasteiger partial charge in [0.15, 0.2) is 5.82 Å². The van der Waals surface area contributed by atoms with Crippen LogP contribution in [0.2, 0.25) is 0 Å². The van der Waals surface area contributed by atoms with Gasteiger partial charge < -0.3 is 0 Å². The van der Waals surface area contributed by atoms with Crippen molar-refractivity contribution in [1.29, 1.82) is 0 Å². The van der Waals surface area contributed by atoms with Crippen LogP contribution in [-0.2, 0) is 0 Å². The van der Waals surface area contributed by atoms with Crippen molar-refractivity contribution in [1.82, 2.24) is 9.38 Å². The minimum absolute atomic E-state index is 0.748. The van der Waals surface area contributed by atoms with Crippen LogP contribution in [0.15, 0.2) is 71.0 Å². The second kappa shape index (κ2) is 6.80. The van der Waals surface area contributed by atoms with Crippen LogP contribution >= 0.6 is 0 Å². The summed E-state index contributed by atoms with van der Waals surface area (Å²) in [6.07, 6.45) is 1.98. The minimum Gasteiger partial charge on any atom is -0.283 e. The van der Waals surface area contributed by atoms with Crippen LogP contribution < -0.4 is 0 Å². The fourth-order valence-electron chi connectivity index (χ4n) is 3.14. The Labute approximate surface area is 159 Å². The largest absolute Gasteiger partial charge is 0.283 e. The molecule has 2 aromatic heterocycles. The Bertz CT molecular complexity index is 1170. The van der Waals surface area contributed by atoms with Gasteiger partial charge in [-0.05, 0) is 74.7 Å². The quantitative estimate of drug-likeness (QED) is 0.380. The summed E-state index contributed by atoms with van der Waals surface area (Å²) in [6.45, 7) is 8.38. The molecule has 0 fully saturated rings. The van der Waals surface area contributed by atoms with E-state index in [1.807, 2.05) is 34.9 Å². The molecule has 0 N–H and O–H groups in total. The van der Waals surface area contributed by atoms with Gasteiger partial charge in [0.25, 0.3) is 0 Å². The summed E-state index contributed by atoms with van der Waals surface area (Å²) in [5, 5.41) is 9.11. The number of hydrogen-bond donors (Lipinski definition) is 0. The van der Waals surface area contributed by atoms with E-state index in [-0.39, 0.29) is 0 Å². The van der Waals surface area contributed by atoms with Crippen LogP contribution in [0.1, 0.15) is 22.3 Å². The molecule has 0 radical (unpaired) electrons. The van der Waals surface area contributed by atoms with Gasteiger partial charge in [0, 0.05) is 11.8 Å². The number of aryl methyl sites for hydroxylation is 4. The summed E-state index contributed by atoms with van der Waals surface area (Å²) in [7, 11) is 0. The predicted molar refractivity (Wildman–Crippen MR) is 110 cm³/mol. The molecule has 0 spiro atoms. The monoisotopic (exact) mass is 354 g/mol. The standard InChI is InChI=1S/C23H22N4/c1-15-8-9-17(3)20(13-15)22-23(27-12-6-5-7-21(27)24-22)26-25-19-11-10-16(2)18(4)14-19/h5-14H,1-4H3. The van der Waals surface area contributed by atoms with Gasteiger partial charge >= 0.3 is 0 Å². The highest BCUT2D eigenvalue weighted by Crippen LogP contribution is 2.34. The molecule has 0 aliphatic carbocycles. The van der Waals surface area contributed by atoms with E-state index in [1.54, 1.807) is 0 Å². The second-order valence-electron chi connectivity index (χ2n) is 7.00. The van der Waals surface area contributed by atoms with Gasteiger partial charge in [0.1, 0.15) is 11.3 Å². The number of rotatable bonds is 3. The summed E-state index contributed by atoms with van der Waals surface area (Å²) >= 11 is 0. The van der Waals surface area contributed by atoms with E-state index in [1.165, 1.54) is 22.3 Å². The molecule has 0 aliphatic heterocycles. The molecule has 0 atom stereocenters. The first-order chi connectivity index (χ1) is 13.0. The van der Waals surface area contributed by atoms with Crippen molar-refractivity contribution in [3.63, 3.8) is 0 Å². The van der Waals surface area contributed by atoms with Gasteiger partial charge in [-0.3, -0.25) is 4.40 Å². The number of fused-ring (bicyclic) bond motifs is 1. The maximum atomic E-state index is 4.84. The van der Waals surface area contributed by atoms with Crippen molar-refractivity contribution < 1.29 is 0 Å². The van der Waals surface area contributed by atoms with Gasteiger partial charge in [-0.25, -0.2) is 4.98 Å². The van der Waals surface area contributed by atoms with E-state index in [0.717, 1.165) is 28.4 Å². The zero-order valence-electron chi connectivity index (χ0n) is 16.1. The van der Waals surface area contributed by atoms with Gasteiger partial charge in [0.05, 0.1) is 5.69 Å². The van der Waals surface area contributed by atoms with Gasteiger partial charge in [-0.2, -0.15) is 0 Å². The third kappa shape index (κ3) is 3.26. The SMILES string of the molecule is Cc1ccc(C)c(-c2nc3ccccn3c2N=Nc2ccc(C)c(C)c2)c1. The van der Waals surface area contributed by atoms with Gasteiger partial charge in [0.2, 0.25) is 0 Å². The normalized spacial score (nSPS) is 11.6. The molecule has 2 aromatic carbocycles. The van der Waals surface area contributed by atoms with Crippen LogP contribution in [0.5, 0.6) is 0 Å². The maximum absolute atomic E-state index is 4.84. The van der Waals surface area contributed by atoms with Crippen molar-refractivity contribution >= 4 is 17.2 Å². The minimum atomic E-state index is 0.748. The first-order valence-electron chi connectivity index (χ1n) is 9.06. The molecular weight excluding hydrogens is 332 g/mol. The average molecular weight is 354 g/mol. The molecule has 0 saturated carbocycles. The van der Waals surface area contributed by atoms with Crippen molar-refractivity contribution in [3.8, 4) is 11.3 Å². The third-order valence-electron chi connectivity index (χ3n) is 4.90. The van der Waals surface area contributed by atoms with Gasteiger partial charge in [-0.15, -0.1) is 10.2 Å². The van der Waals surface area contributed by atoms with E-state index >= 15 is 0 Å². The lowest BCUT2D eigenvalue weighted by molar-refractivity contribution is 1.10. The zero-order chi connectivity index (χ0) is 19.0. The van der Waals surface area contributed by atoms with Crippen LogP contribution in [0, 0.1) is 27.7 Å². The Morgan fingerprint density at radius 1 is 0.778 bits per heavy atom. The highest BCUT2D eigenvalue weighted by atomic mass is 15.2. The van der Waals surface area contributed by atoms with E-state index in [0.29, 0.717) is 0 Å². The van der Waals surface area contributed by atoms with E-state index in [2.05, 4.69) is 68.3 Å². The molecule has 27 heavy (non-hydrogen) atoms. The number of azo groups is 1. The number of imidazole rings is 1. The molecule has 4 nitrogen and oxygen atoms in total. The van der Waals surface area contributed by atoms with Gasteiger partial charge in [-0.1, -0.05) is 29.8 Å². The highest BCUT2D eigenvalue weighted by molar-refractivity contribution is 5.77. The molecule has 0 bridgehead atoms. The first-order valence-corrected chi connectivity index (χ1v) is 9.06. The number of benzene rings is 2. The van der Waals surface area contributed by atoms with Crippen molar-refractivity contribution in [2.45, 2.75) is 27.7 Å². The van der Waals surface area contributed by atoms with Crippen molar-refractivity contribution in [2.24, 2.45) is 10.2 Å². The fraction of sp³-hybridized carbons (Fsp3) is 0.174. The van der Waals surface area contributed by atoms with E-state index in [9.17, 15) is 0 Å². The fourth-order valence-corrected chi connectivity index (χ4v) is 3.14. The topological polar surface area (TPSA) is 42.0 Å². The molecule has 134 valence electrons. The Balaban J connectivity index is 1.89. The molecule has 0 amide bonds. The lowest BCUT2D eigenvalue weighted by atomic mass is 10.0. The molecule has 0 saturated heterocycles. The van der Waals surface area contributed by atoms with E-state index < -0.39 is 0 Å². The van der Waals surface area contributed by atoms with Crippen LogP contribution in [0.3, 0.4) is 0 Å². The predicted octanol–water partition coefficient (Wildman–Crippen LogP) is 6.65. The summed E-state index contributed by atoms with van der Waals surface area (Å²) in [4.78, 5) is 4.84. The summed E-state index contributed by atoms with van der Waals surface area (Å²) in [5.74, 6) is 0.748. The van der Waals surface area contributed by atoms with Crippen molar-refractivity contribution in [2.75, 3.05) is 0 Å². The van der Waals surface area contributed by atoms with Crippen LogP contribution in [-0.4, -0.2) is 9.38 Å². The lowest BCUT2D eigenvalue weighted by Crippen LogP contribution is -1.86. The summed E-state index contributed by atoms with van der Waals surface area (Å²) in [5.41, 5.74) is 8.48. The van der Waals surface area contributed by atoms with Crippen LogP contribution in [0.25, 0.3) is 16.9 Å². The Morgan fingerprint density at radius 2 is 1.59 bits per heavy atom. The molecule has 2 heterocycles. The number of hydrogen-bond acceptors (Lipinski definition) is 3. The smallest absolute Gasteiger partial charge is 0.187 e. The molecule has 4 aromatic rings. The third-order valence-corrected chi connectivity index (χ3v) is 4.90. The molecule has 0 unspecified atom stereocenters. The number of aromatic nitrogens is 2. The Morgan fingerprint density at radius 3 is 2.41 bits per heavy atom. The Hall–Kier alpha value is -3.27. The maximum Gasteiger partial charge on any atom is 0.187 e. The molecule has 4 heteroatoms. The molecule has 4 rings (SSSR count). The molecular formula is C23H22N4. The first kappa shape index (κ1) is 17.2. The zero-order valence-corrected chi connectivity index (χ0v) is 16.1. The average Bonchev–Trinajstić information content (AvgIpc) is 3.03. The lowest BCUT2D eigenvalue weighted by Gasteiger charge is -2.05. The van der Waals surface area contributed by atoms with Crippen molar-refractivity contribution in [3.05, 3.63) is 83.0 Å². The van der Waals surface area contributed by atoms with Crippen LogP contribution in [0.4, 0.5) is 11.5 Å². The summed E-state index contributed by atoms with van der Waals surface area (Å²) in [6, 6.07) is 18.5. The number of nitrogens with zero attached hydrogens (tertiary/aromatic N) is 4. The Kier molecular flexibility index (Phi) is 4.32. The van der Waals surface area contributed by atoms with E-state index in [4.69, 9.17) is 4.98 Å². The summed E-state index contributed by atoms with van der Waals surface area (Å²) < 4.78 is 1.99. The highest BCUT2D eigenvalue weighted by Gasteiger charge is 2.15. The number of pyridine rings is 1. The second-order valence-corrected chi connectivity index (χ2v) is 7.00.